The van der Waals surface area contributed by atoms with Crippen LogP contribution in [-0.2, 0) is 0 Å². The molecule has 12 heavy (non-hydrogen) atoms. The van der Waals surface area contributed by atoms with Crippen molar-refractivity contribution >= 4 is 38.5 Å². The third-order valence-corrected chi connectivity index (χ3v) is 3.56. The molecule has 0 spiro atoms. The third-order valence-electron chi connectivity index (χ3n) is 1.27. The molecule has 0 N–H and O–H groups in total. The largest absolute Gasteiger partial charge is 0.266 e. The topological polar surface area (TPSA) is 0 Å². The second-order valence-corrected chi connectivity index (χ2v) is 4.11. The number of halogens is 5. The lowest BCUT2D eigenvalue weighted by atomic mass is 10.2. The molecule has 0 bridgehead atoms. The first-order valence-electron chi connectivity index (χ1n) is 2.95. The summed E-state index contributed by atoms with van der Waals surface area (Å²) in [6, 6.07) is 2.17. The highest BCUT2D eigenvalue weighted by molar-refractivity contribution is 14.1. The number of rotatable bonds is 1. The summed E-state index contributed by atoms with van der Waals surface area (Å²) in [6.07, 6.45) is -2.76. The third kappa shape index (κ3) is 2.12. The van der Waals surface area contributed by atoms with Crippen LogP contribution in [0.15, 0.2) is 16.6 Å². The highest BCUT2D eigenvalue weighted by atomic mass is 127. The van der Waals surface area contributed by atoms with Gasteiger partial charge in [0.1, 0.15) is 5.82 Å². The Bertz CT molecular complexity index is 301. The molecule has 0 saturated heterocycles. The minimum atomic E-state index is -2.76. The SMILES string of the molecule is Fc1cc(Br)c(I)cc1C(F)F. The zero-order chi connectivity index (χ0) is 9.30. The van der Waals surface area contributed by atoms with Gasteiger partial charge in [0.2, 0.25) is 0 Å². The van der Waals surface area contributed by atoms with Crippen LogP contribution in [-0.4, -0.2) is 0 Å². The normalized spacial score (nSPS) is 10.8. The first kappa shape index (κ1) is 10.3. The van der Waals surface area contributed by atoms with Gasteiger partial charge in [-0.15, -0.1) is 0 Å². The summed E-state index contributed by atoms with van der Waals surface area (Å²) in [5.74, 6) is -0.878. The van der Waals surface area contributed by atoms with Crippen molar-refractivity contribution in [3.63, 3.8) is 0 Å². The molecule has 1 aromatic carbocycles. The van der Waals surface area contributed by atoms with E-state index in [1.165, 1.54) is 0 Å². The molecule has 0 saturated carbocycles. The highest BCUT2D eigenvalue weighted by Gasteiger charge is 2.14. The zero-order valence-corrected chi connectivity index (χ0v) is 9.37. The van der Waals surface area contributed by atoms with Gasteiger partial charge in [0.05, 0.1) is 5.56 Å². The van der Waals surface area contributed by atoms with Crippen molar-refractivity contribution in [2.45, 2.75) is 6.43 Å². The van der Waals surface area contributed by atoms with Crippen molar-refractivity contribution in [2.75, 3.05) is 0 Å². The minimum Gasteiger partial charge on any atom is -0.206 e. The summed E-state index contributed by atoms with van der Waals surface area (Å²) < 4.78 is 38.0. The second-order valence-electron chi connectivity index (χ2n) is 2.09. The van der Waals surface area contributed by atoms with Gasteiger partial charge in [-0.3, -0.25) is 0 Å². The molecule has 0 amide bonds. The first-order chi connectivity index (χ1) is 5.52. The van der Waals surface area contributed by atoms with Gasteiger partial charge in [0.25, 0.3) is 6.43 Å². The van der Waals surface area contributed by atoms with Crippen molar-refractivity contribution in [1.29, 1.82) is 0 Å². The Morgan fingerprint density at radius 3 is 2.42 bits per heavy atom. The lowest BCUT2D eigenvalue weighted by Crippen LogP contribution is -1.92. The predicted molar refractivity (Wildman–Crippen MR) is 51.8 cm³/mol. The predicted octanol–water partition coefficient (Wildman–Crippen LogP) is 4.13. The lowest BCUT2D eigenvalue weighted by molar-refractivity contribution is 0.146. The quantitative estimate of drug-likeness (QED) is 0.527. The summed E-state index contributed by atoms with van der Waals surface area (Å²) >= 11 is 4.89. The Hall–Kier alpha value is 0.220. The van der Waals surface area contributed by atoms with Crippen molar-refractivity contribution in [2.24, 2.45) is 0 Å². The van der Waals surface area contributed by atoms with Crippen LogP contribution in [0.5, 0.6) is 0 Å². The number of hydrogen-bond donors (Lipinski definition) is 0. The standard InChI is InChI=1S/C7H3BrF3I/c8-4-2-5(9)3(7(10)11)1-6(4)12/h1-2,7H. The van der Waals surface area contributed by atoms with Gasteiger partial charge >= 0.3 is 0 Å². The van der Waals surface area contributed by atoms with E-state index in [1.807, 2.05) is 22.6 Å². The summed E-state index contributed by atoms with van der Waals surface area (Å²) in [6.45, 7) is 0. The molecule has 0 atom stereocenters. The number of alkyl halides is 2. The lowest BCUT2D eigenvalue weighted by Gasteiger charge is -2.03. The maximum Gasteiger partial charge on any atom is 0.266 e. The molecule has 0 aliphatic carbocycles. The summed E-state index contributed by atoms with van der Waals surface area (Å²) in [5.41, 5.74) is -0.553. The van der Waals surface area contributed by atoms with Gasteiger partial charge in [-0.05, 0) is 50.7 Å². The van der Waals surface area contributed by atoms with Crippen LogP contribution in [0.25, 0.3) is 0 Å². The molecule has 66 valence electrons. The molecule has 0 nitrogen and oxygen atoms in total. The fraction of sp³-hybridized carbons (Fsp3) is 0.143. The van der Waals surface area contributed by atoms with E-state index < -0.39 is 17.8 Å². The maximum absolute atomic E-state index is 12.8. The molecule has 0 fully saturated rings. The van der Waals surface area contributed by atoms with E-state index in [2.05, 4.69) is 15.9 Å². The smallest absolute Gasteiger partial charge is 0.206 e. The van der Waals surface area contributed by atoms with Crippen molar-refractivity contribution in [3.8, 4) is 0 Å². The Kier molecular flexibility index (Phi) is 3.39. The fourth-order valence-corrected chi connectivity index (χ4v) is 1.51. The van der Waals surface area contributed by atoms with Gasteiger partial charge < -0.3 is 0 Å². The average molecular weight is 351 g/mol. The molecule has 1 aromatic rings. The van der Waals surface area contributed by atoms with Crippen LogP contribution in [0.3, 0.4) is 0 Å². The second kappa shape index (κ2) is 3.95. The van der Waals surface area contributed by atoms with Gasteiger partial charge in [-0.2, -0.15) is 0 Å². The van der Waals surface area contributed by atoms with Gasteiger partial charge in [0.15, 0.2) is 0 Å². The zero-order valence-electron chi connectivity index (χ0n) is 5.62. The van der Waals surface area contributed by atoms with Crippen molar-refractivity contribution in [3.05, 3.63) is 31.6 Å². The average Bonchev–Trinajstić information content (AvgIpc) is 1.96. The van der Waals surface area contributed by atoms with Crippen LogP contribution < -0.4 is 0 Å². The molecular weight excluding hydrogens is 348 g/mol. The van der Waals surface area contributed by atoms with Crippen LogP contribution in [0, 0.1) is 9.39 Å². The van der Waals surface area contributed by atoms with Crippen LogP contribution >= 0.6 is 38.5 Å². The summed E-state index contributed by atoms with van der Waals surface area (Å²) in [4.78, 5) is 0. The van der Waals surface area contributed by atoms with E-state index in [9.17, 15) is 13.2 Å². The van der Waals surface area contributed by atoms with E-state index in [-0.39, 0.29) is 0 Å². The number of hydrogen-bond acceptors (Lipinski definition) is 0. The number of benzene rings is 1. The maximum atomic E-state index is 12.8. The van der Waals surface area contributed by atoms with E-state index in [0.29, 0.717) is 8.04 Å². The van der Waals surface area contributed by atoms with Gasteiger partial charge in [-0.25, -0.2) is 13.2 Å². The Labute approximate surface area is 89.4 Å². The van der Waals surface area contributed by atoms with E-state index in [1.54, 1.807) is 0 Å². The van der Waals surface area contributed by atoms with E-state index >= 15 is 0 Å². The summed E-state index contributed by atoms with van der Waals surface area (Å²) in [5, 5.41) is 0. The molecular formula is C7H3BrF3I. The van der Waals surface area contributed by atoms with Crippen molar-refractivity contribution in [1.82, 2.24) is 0 Å². The van der Waals surface area contributed by atoms with Crippen LogP contribution in [0.1, 0.15) is 12.0 Å². The molecule has 0 radical (unpaired) electrons. The van der Waals surface area contributed by atoms with Gasteiger partial charge in [0, 0.05) is 8.04 Å². The Balaban J connectivity index is 3.23. The van der Waals surface area contributed by atoms with Crippen LogP contribution in [0.2, 0.25) is 0 Å². The molecule has 5 heteroatoms. The molecule has 0 heterocycles. The highest BCUT2D eigenvalue weighted by Crippen LogP contribution is 2.28. The molecule has 0 aromatic heterocycles. The molecule has 1 rings (SSSR count). The minimum absolute atomic E-state index is 0.491. The Morgan fingerprint density at radius 2 is 1.92 bits per heavy atom. The summed E-state index contributed by atoms with van der Waals surface area (Å²) in [7, 11) is 0. The molecule has 0 aliphatic heterocycles. The van der Waals surface area contributed by atoms with Crippen molar-refractivity contribution < 1.29 is 13.2 Å². The van der Waals surface area contributed by atoms with E-state index in [4.69, 9.17) is 0 Å². The monoisotopic (exact) mass is 350 g/mol. The Morgan fingerprint density at radius 1 is 1.33 bits per heavy atom. The first-order valence-corrected chi connectivity index (χ1v) is 4.82. The fourth-order valence-electron chi connectivity index (χ4n) is 0.705. The van der Waals surface area contributed by atoms with Crippen LogP contribution in [0.4, 0.5) is 13.2 Å². The molecule has 0 unspecified atom stereocenters. The van der Waals surface area contributed by atoms with E-state index in [0.717, 1.165) is 12.1 Å². The van der Waals surface area contributed by atoms with Gasteiger partial charge in [-0.1, -0.05) is 0 Å². The molecule has 0 aliphatic rings.